The van der Waals surface area contributed by atoms with E-state index < -0.39 is 0 Å². The molecule has 1 aromatic rings. The van der Waals surface area contributed by atoms with Crippen molar-refractivity contribution in [3.8, 4) is 0 Å². The van der Waals surface area contributed by atoms with Crippen molar-refractivity contribution < 1.29 is 4.79 Å². The first kappa shape index (κ1) is 17.7. The molecule has 1 heterocycles. The topological polar surface area (TPSA) is 59.0 Å². The number of nitrogens with one attached hydrogen (secondary N) is 2. The van der Waals surface area contributed by atoms with Gasteiger partial charge in [0.05, 0.1) is 11.7 Å². The van der Waals surface area contributed by atoms with Crippen LogP contribution in [0.25, 0.3) is 0 Å². The molecule has 21 heavy (non-hydrogen) atoms. The third-order valence-electron chi connectivity index (χ3n) is 3.29. The largest absolute Gasteiger partial charge is 0.354 e. The van der Waals surface area contributed by atoms with E-state index in [9.17, 15) is 4.79 Å². The van der Waals surface area contributed by atoms with Crippen molar-refractivity contribution in [2.24, 2.45) is 13.0 Å². The van der Waals surface area contributed by atoms with E-state index in [0.717, 1.165) is 11.3 Å². The van der Waals surface area contributed by atoms with E-state index in [2.05, 4.69) is 50.4 Å². The predicted molar refractivity (Wildman–Crippen MR) is 86.1 cm³/mol. The van der Waals surface area contributed by atoms with Gasteiger partial charge in [-0.15, -0.1) is 0 Å². The van der Waals surface area contributed by atoms with Crippen molar-refractivity contribution in [2.75, 3.05) is 6.54 Å². The summed E-state index contributed by atoms with van der Waals surface area (Å²) in [7, 11) is 1.93. The highest BCUT2D eigenvalue weighted by molar-refractivity contribution is 5.81. The molecule has 1 atom stereocenters. The van der Waals surface area contributed by atoms with Crippen molar-refractivity contribution in [1.82, 2.24) is 20.4 Å². The molecular weight excluding hydrogens is 264 g/mol. The summed E-state index contributed by atoms with van der Waals surface area (Å²) in [5.41, 5.74) is 2.22. The monoisotopic (exact) mass is 294 g/mol. The van der Waals surface area contributed by atoms with E-state index in [1.165, 1.54) is 0 Å². The molecule has 0 saturated heterocycles. The minimum atomic E-state index is -0.211. The highest BCUT2D eigenvalue weighted by Gasteiger charge is 2.22. The van der Waals surface area contributed by atoms with Crippen molar-refractivity contribution in [3.05, 3.63) is 17.5 Å². The van der Waals surface area contributed by atoms with Crippen LogP contribution in [0.4, 0.5) is 0 Å². The first-order chi connectivity index (χ1) is 9.61. The molecule has 0 spiro atoms. The maximum Gasteiger partial charge on any atom is 0.236 e. The fourth-order valence-electron chi connectivity index (χ4n) is 2.11. The highest BCUT2D eigenvalue weighted by Crippen LogP contribution is 2.23. The standard InChI is InChI=1S/C16H30N4O/c1-11(2)8-18-15(21)12(3)17-9-13-10-20(7)19-14(13)16(4,5)6/h10-12,17H,8-9H2,1-7H3,(H,18,21). The van der Waals surface area contributed by atoms with E-state index in [1.807, 2.05) is 24.9 Å². The van der Waals surface area contributed by atoms with Gasteiger partial charge in [0.2, 0.25) is 5.91 Å². The number of aromatic nitrogens is 2. The zero-order valence-electron chi connectivity index (χ0n) is 14.4. The number of hydrogen-bond acceptors (Lipinski definition) is 3. The Morgan fingerprint density at radius 2 is 1.95 bits per heavy atom. The first-order valence-corrected chi connectivity index (χ1v) is 7.65. The van der Waals surface area contributed by atoms with Gasteiger partial charge in [-0.25, -0.2) is 0 Å². The van der Waals surface area contributed by atoms with Gasteiger partial charge >= 0.3 is 0 Å². The van der Waals surface area contributed by atoms with E-state index >= 15 is 0 Å². The lowest BCUT2D eigenvalue weighted by Crippen LogP contribution is -2.43. The summed E-state index contributed by atoms with van der Waals surface area (Å²) < 4.78 is 1.83. The summed E-state index contributed by atoms with van der Waals surface area (Å²) in [4.78, 5) is 12.0. The average molecular weight is 294 g/mol. The number of nitrogens with zero attached hydrogens (tertiary/aromatic N) is 2. The highest BCUT2D eigenvalue weighted by atomic mass is 16.2. The number of aryl methyl sites for hydroxylation is 1. The SMILES string of the molecule is CC(C)CNC(=O)C(C)NCc1cn(C)nc1C(C)(C)C. The Kier molecular flexibility index (Phi) is 5.96. The summed E-state index contributed by atoms with van der Waals surface area (Å²) in [6.45, 7) is 13.9. The molecule has 1 unspecified atom stereocenters. The molecule has 0 radical (unpaired) electrons. The maximum atomic E-state index is 12.0. The Labute approximate surface area is 128 Å². The smallest absolute Gasteiger partial charge is 0.236 e. The Bertz CT molecular complexity index is 471. The third kappa shape index (κ3) is 5.50. The van der Waals surface area contributed by atoms with Crippen molar-refractivity contribution >= 4 is 5.91 Å². The Hall–Kier alpha value is -1.36. The van der Waals surface area contributed by atoms with Gasteiger partial charge in [0.15, 0.2) is 0 Å². The van der Waals surface area contributed by atoms with E-state index in [0.29, 0.717) is 19.0 Å². The van der Waals surface area contributed by atoms with Crippen LogP contribution in [0.5, 0.6) is 0 Å². The van der Waals surface area contributed by atoms with Gasteiger partial charge in [-0.05, 0) is 12.8 Å². The lowest BCUT2D eigenvalue weighted by atomic mass is 9.89. The molecule has 0 aliphatic heterocycles. The second-order valence-electron chi connectivity index (χ2n) is 7.17. The zero-order valence-corrected chi connectivity index (χ0v) is 14.4. The Morgan fingerprint density at radius 3 is 2.48 bits per heavy atom. The minimum absolute atomic E-state index is 0.00140. The molecule has 0 aliphatic carbocycles. The van der Waals surface area contributed by atoms with Crippen molar-refractivity contribution in [3.63, 3.8) is 0 Å². The van der Waals surface area contributed by atoms with Crippen LogP contribution in [0.2, 0.25) is 0 Å². The average Bonchev–Trinajstić information content (AvgIpc) is 2.74. The summed E-state index contributed by atoms with van der Waals surface area (Å²) in [5.74, 6) is 0.511. The number of amides is 1. The second kappa shape index (κ2) is 7.07. The van der Waals surface area contributed by atoms with Crippen LogP contribution in [0.15, 0.2) is 6.20 Å². The normalized spacial score (nSPS) is 13.5. The van der Waals surface area contributed by atoms with Crippen LogP contribution in [0.1, 0.15) is 52.8 Å². The van der Waals surface area contributed by atoms with Crippen LogP contribution in [-0.2, 0) is 23.8 Å². The summed E-state index contributed by atoms with van der Waals surface area (Å²) in [6.07, 6.45) is 2.02. The third-order valence-corrected chi connectivity index (χ3v) is 3.29. The molecule has 5 heteroatoms. The summed E-state index contributed by atoms with van der Waals surface area (Å²) in [5, 5.41) is 10.8. The quantitative estimate of drug-likeness (QED) is 0.843. The molecule has 0 aliphatic rings. The lowest BCUT2D eigenvalue weighted by molar-refractivity contribution is -0.122. The molecule has 0 saturated carbocycles. The molecule has 0 bridgehead atoms. The molecule has 2 N–H and O–H groups in total. The van der Waals surface area contributed by atoms with Gasteiger partial charge in [0, 0.05) is 37.3 Å². The Morgan fingerprint density at radius 1 is 1.33 bits per heavy atom. The summed E-state index contributed by atoms with van der Waals surface area (Å²) in [6, 6.07) is -0.211. The number of hydrogen-bond donors (Lipinski definition) is 2. The number of carbonyl (C=O) groups excluding carboxylic acids is 1. The van der Waals surface area contributed by atoms with Gasteiger partial charge in [-0.1, -0.05) is 34.6 Å². The molecule has 0 fully saturated rings. The van der Waals surface area contributed by atoms with E-state index in [1.54, 1.807) is 0 Å². The van der Waals surface area contributed by atoms with Crippen LogP contribution in [0.3, 0.4) is 0 Å². The molecule has 1 amide bonds. The van der Waals surface area contributed by atoms with Crippen molar-refractivity contribution in [2.45, 2.75) is 59.5 Å². The Balaban J connectivity index is 2.61. The molecule has 1 aromatic heterocycles. The van der Waals surface area contributed by atoms with E-state index in [4.69, 9.17) is 0 Å². The molecule has 5 nitrogen and oxygen atoms in total. The second-order valence-corrected chi connectivity index (χ2v) is 7.17. The predicted octanol–water partition coefficient (Wildman–Crippen LogP) is 1.97. The fourth-order valence-corrected chi connectivity index (χ4v) is 2.11. The van der Waals surface area contributed by atoms with Gasteiger partial charge < -0.3 is 10.6 Å². The van der Waals surface area contributed by atoms with E-state index in [-0.39, 0.29) is 17.4 Å². The van der Waals surface area contributed by atoms with Gasteiger partial charge in [-0.3, -0.25) is 9.48 Å². The minimum Gasteiger partial charge on any atom is -0.354 e. The van der Waals surface area contributed by atoms with Crippen LogP contribution >= 0.6 is 0 Å². The maximum absolute atomic E-state index is 12.0. The van der Waals surface area contributed by atoms with Gasteiger partial charge in [0.25, 0.3) is 0 Å². The van der Waals surface area contributed by atoms with Gasteiger partial charge in [0.1, 0.15) is 0 Å². The van der Waals surface area contributed by atoms with Crippen LogP contribution in [-0.4, -0.2) is 28.3 Å². The lowest BCUT2D eigenvalue weighted by Gasteiger charge is -2.19. The van der Waals surface area contributed by atoms with Crippen molar-refractivity contribution in [1.29, 1.82) is 0 Å². The molecule has 0 aromatic carbocycles. The van der Waals surface area contributed by atoms with Gasteiger partial charge in [-0.2, -0.15) is 5.10 Å². The van der Waals surface area contributed by atoms with Crippen LogP contribution < -0.4 is 10.6 Å². The fraction of sp³-hybridized carbons (Fsp3) is 0.750. The molecule has 120 valence electrons. The van der Waals surface area contributed by atoms with Crippen LogP contribution in [0, 0.1) is 5.92 Å². The zero-order chi connectivity index (χ0) is 16.2. The summed E-state index contributed by atoms with van der Waals surface area (Å²) >= 11 is 0. The first-order valence-electron chi connectivity index (χ1n) is 7.65. The number of rotatable bonds is 6. The molecule has 1 rings (SSSR count). The number of carbonyl (C=O) groups is 1. The molecular formula is C16H30N4O.